The third kappa shape index (κ3) is 5.21. The maximum Gasteiger partial charge on any atom is 0.335 e. The van der Waals surface area contributed by atoms with Crippen LogP contribution in [0.3, 0.4) is 0 Å². The molecule has 10 heteroatoms. The first-order valence-electron chi connectivity index (χ1n) is 14.4. The highest BCUT2D eigenvalue weighted by molar-refractivity contribution is 6.30. The zero-order valence-corrected chi connectivity index (χ0v) is 23.7. The molecule has 0 aliphatic carbocycles. The highest BCUT2D eigenvalue weighted by Gasteiger charge is 2.31. The number of carboxylic acid groups (broad SMARTS) is 1. The van der Waals surface area contributed by atoms with Gasteiger partial charge in [0.1, 0.15) is 18.2 Å². The van der Waals surface area contributed by atoms with Crippen LogP contribution in [0.15, 0.2) is 54.6 Å². The Kier molecular flexibility index (Phi) is 7.25. The largest absolute Gasteiger partial charge is 0.485 e. The van der Waals surface area contributed by atoms with E-state index < -0.39 is 17.9 Å². The number of likely N-dealkylation sites (tertiary alicyclic amines) is 1. The Hall–Kier alpha value is -3.66. The van der Waals surface area contributed by atoms with Crippen molar-refractivity contribution in [1.82, 2.24) is 14.5 Å². The summed E-state index contributed by atoms with van der Waals surface area (Å²) in [6, 6.07) is 15.7. The van der Waals surface area contributed by atoms with Gasteiger partial charge in [0.05, 0.1) is 35.8 Å². The smallest absolute Gasteiger partial charge is 0.335 e. The van der Waals surface area contributed by atoms with Crippen LogP contribution in [0, 0.1) is 5.82 Å². The van der Waals surface area contributed by atoms with Crippen molar-refractivity contribution in [1.29, 1.82) is 0 Å². The second kappa shape index (κ2) is 11.2. The molecule has 7 rings (SSSR count). The summed E-state index contributed by atoms with van der Waals surface area (Å²) in [6.45, 7) is 4.11. The molecule has 3 aliphatic rings. The molecular weight excluding hydrogens is 561 g/mol. The number of imidazole rings is 1. The molecule has 0 saturated carbocycles. The lowest BCUT2D eigenvalue weighted by atomic mass is 9.88. The van der Waals surface area contributed by atoms with Gasteiger partial charge in [0.25, 0.3) is 0 Å². The van der Waals surface area contributed by atoms with E-state index in [0.29, 0.717) is 35.3 Å². The Morgan fingerprint density at radius 2 is 1.90 bits per heavy atom. The van der Waals surface area contributed by atoms with Crippen LogP contribution in [0.1, 0.15) is 58.6 Å². The Bertz CT molecular complexity index is 1650. The van der Waals surface area contributed by atoms with E-state index in [0.717, 1.165) is 67.1 Å². The number of halogens is 2. The first-order valence-corrected chi connectivity index (χ1v) is 14.7. The standard InChI is InChI=1S/C32H31ClFN3O5/c33-21-5-6-24(25(34)15-21)29-18-41-31-23(2-1-3-28(31)42-29)19-8-11-36(12-9-19)17-30-35-26-7-4-20(32(38)39)14-27(26)37(30)16-22-10-13-40-22/h1-7,14-15,19,22,29H,8-13,16-18H2,(H,38,39). The third-order valence-electron chi connectivity index (χ3n) is 8.61. The molecule has 2 atom stereocenters. The predicted octanol–water partition coefficient (Wildman–Crippen LogP) is 6.21. The normalized spacial score (nSPS) is 20.9. The molecule has 3 aliphatic heterocycles. The van der Waals surface area contributed by atoms with Gasteiger partial charge in [0, 0.05) is 22.8 Å². The molecule has 42 heavy (non-hydrogen) atoms. The molecular formula is C32H31ClFN3O5. The summed E-state index contributed by atoms with van der Waals surface area (Å²) in [5, 5.41) is 9.87. The summed E-state index contributed by atoms with van der Waals surface area (Å²) in [7, 11) is 0. The van der Waals surface area contributed by atoms with Gasteiger partial charge >= 0.3 is 5.97 Å². The molecule has 0 bridgehead atoms. The lowest BCUT2D eigenvalue weighted by Gasteiger charge is -2.35. The van der Waals surface area contributed by atoms with E-state index in [4.69, 9.17) is 30.8 Å². The summed E-state index contributed by atoms with van der Waals surface area (Å²) < 4.78 is 34.8. The van der Waals surface area contributed by atoms with Crippen LogP contribution in [0.4, 0.5) is 4.39 Å². The van der Waals surface area contributed by atoms with E-state index in [1.165, 1.54) is 6.07 Å². The van der Waals surface area contributed by atoms with Crippen LogP contribution in [0.25, 0.3) is 11.0 Å². The van der Waals surface area contributed by atoms with Crippen LogP contribution >= 0.6 is 11.6 Å². The quantitative estimate of drug-likeness (QED) is 0.273. The highest BCUT2D eigenvalue weighted by Crippen LogP contribution is 2.44. The number of ether oxygens (including phenoxy) is 3. The molecule has 218 valence electrons. The fraction of sp³-hybridized carbons (Fsp3) is 0.375. The Balaban J connectivity index is 1.05. The second-order valence-electron chi connectivity index (χ2n) is 11.2. The second-order valence-corrected chi connectivity index (χ2v) is 11.7. The summed E-state index contributed by atoms with van der Waals surface area (Å²) >= 11 is 5.92. The zero-order valence-electron chi connectivity index (χ0n) is 23.0. The third-order valence-corrected chi connectivity index (χ3v) is 8.85. The van der Waals surface area contributed by atoms with Crippen molar-refractivity contribution in [2.24, 2.45) is 0 Å². The van der Waals surface area contributed by atoms with Crippen molar-refractivity contribution < 1.29 is 28.5 Å². The lowest BCUT2D eigenvalue weighted by molar-refractivity contribution is -0.0592. The molecule has 0 amide bonds. The number of rotatable bonds is 7. The fourth-order valence-corrected chi connectivity index (χ4v) is 6.39. The van der Waals surface area contributed by atoms with Crippen LogP contribution in [-0.2, 0) is 17.8 Å². The summed E-state index contributed by atoms with van der Waals surface area (Å²) in [5.74, 6) is 1.27. The zero-order chi connectivity index (χ0) is 28.8. The first-order chi connectivity index (χ1) is 20.4. The molecule has 4 aromatic rings. The predicted molar refractivity (Wildman–Crippen MR) is 155 cm³/mol. The van der Waals surface area contributed by atoms with Crippen LogP contribution in [-0.4, -0.2) is 57.9 Å². The van der Waals surface area contributed by atoms with E-state index in [1.807, 2.05) is 12.1 Å². The molecule has 4 heterocycles. The molecule has 0 spiro atoms. The SMILES string of the molecule is O=C(O)c1ccc2nc(CN3CCC(c4cccc5c4OCC(c4ccc(Cl)cc4F)O5)CC3)n(CC3CCO3)c2c1. The Morgan fingerprint density at radius 3 is 2.64 bits per heavy atom. The van der Waals surface area contributed by atoms with Gasteiger partial charge in [0.2, 0.25) is 0 Å². The summed E-state index contributed by atoms with van der Waals surface area (Å²) in [5.41, 5.74) is 3.44. The summed E-state index contributed by atoms with van der Waals surface area (Å²) in [4.78, 5) is 18.9. The first kappa shape index (κ1) is 27.2. The molecule has 2 unspecified atom stereocenters. The van der Waals surface area contributed by atoms with Gasteiger partial charge in [0.15, 0.2) is 17.6 Å². The average Bonchev–Trinajstić information content (AvgIpc) is 3.30. The summed E-state index contributed by atoms with van der Waals surface area (Å²) in [6.07, 6.45) is 2.48. The van der Waals surface area contributed by atoms with E-state index >= 15 is 0 Å². The van der Waals surface area contributed by atoms with Crippen LogP contribution < -0.4 is 9.47 Å². The molecule has 1 N–H and O–H groups in total. The van der Waals surface area contributed by atoms with Crippen molar-refractivity contribution in [2.45, 2.75) is 50.5 Å². The topological polar surface area (TPSA) is 86.0 Å². The van der Waals surface area contributed by atoms with Crippen molar-refractivity contribution in [3.8, 4) is 11.5 Å². The number of aromatic nitrogens is 2. The number of carboxylic acids is 1. The number of fused-ring (bicyclic) bond motifs is 2. The molecule has 3 aromatic carbocycles. The van der Waals surface area contributed by atoms with Gasteiger partial charge < -0.3 is 23.9 Å². The number of benzene rings is 3. The van der Waals surface area contributed by atoms with Gasteiger partial charge in [-0.15, -0.1) is 0 Å². The van der Waals surface area contributed by atoms with Crippen molar-refractivity contribution in [3.05, 3.63) is 88.0 Å². The van der Waals surface area contributed by atoms with Gasteiger partial charge in [-0.25, -0.2) is 14.2 Å². The van der Waals surface area contributed by atoms with Crippen molar-refractivity contribution in [2.75, 3.05) is 26.3 Å². The molecule has 1 aromatic heterocycles. The monoisotopic (exact) mass is 591 g/mol. The number of hydrogen-bond donors (Lipinski definition) is 1. The number of piperidine rings is 1. The minimum atomic E-state index is -0.946. The van der Waals surface area contributed by atoms with Crippen LogP contribution in [0.5, 0.6) is 11.5 Å². The van der Waals surface area contributed by atoms with E-state index in [-0.39, 0.29) is 18.3 Å². The fourth-order valence-electron chi connectivity index (χ4n) is 6.23. The molecule has 2 fully saturated rings. The number of hydrogen-bond acceptors (Lipinski definition) is 6. The van der Waals surface area contributed by atoms with Gasteiger partial charge in [-0.1, -0.05) is 29.8 Å². The van der Waals surface area contributed by atoms with E-state index in [2.05, 4.69) is 15.5 Å². The Morgan fingerprint density at radius 1 is 1.07 bits per heavy atom. The van der Waals surface area contributed by atoms with Crippen LogP contribution in [0.2, 0.25) is 5.02 Å². The number of aromatic carboxylic acids is 1. The average molecular weight is 592 g/mol. The number of nitrogens with zero attached hydrogens (tertiary/aromatic N) is 3. The molecule has 0 radical (unpaired) electrons. The maximum atomic E-state index is 14.5. The maximum absolute atomic E-state index is 14.5. The number of para-hydroxylation sites is 1. The van der Waals surface area contributed by atoms with E-state index in [1.54, 1.807) is 30.3 Å². The number of carbonyl (C=O) groups is 1. The highest BCUT2D eigenvalue weighted by atomic mass is 35.5. The van der Waals surface area contributed by atoms with Gasteiger partial charge in [-0.2, -0.15) is 0 Å². The van der Waals surface area contributed by atoms with E-state index in [9.17, 15) is 14.3 Å². The Labute approximate surface area is 247 Å². The van der Waals surface area contributed by atoms with Gasteiger partial charge in [-0.05, 0) is 74.7 Å². The minimum absolute atomic E-state index is 0.127. The molecule has 2 saturated heterocycles. The lowest BCUT2D eigenvalue weighted by Crippen LogP contribution is -2.35. The minimum Gasteiger partial charge on any atom is -0.485 e. The van der Waals surface area contributed by atoms with Crippen molar-refractivity contribution >= 4 is 28.6 Å². The molecule has 8 nitrogen and oxygen atoms in total. The van der Waals surface area contributed by atoms with Crippen molar-refractivity contribution in [3.63, 3.8) is 0 Å². The van der Waals surface area contributed by atoms with Gasteiger partial charge in [-0.3, -0.25) is 4.90 Å².